The van der Waals surface area contributed by atoms with Crippen LogP contribution in [0.25, 0.3) is 0 Å². The first-order valence-corrected chi connectivity index (χ1v) is 6.23. The van der Waals surface area contributed by atoms with Crippen molar-refractivity contribution in [2.24, 2.45) is 0 Å². The predicted octanol–water partition coefficient (Wildman–Crippen LogP) is 3.70. The average molecular weight is 259 g/mol. The van der Waals surface area contributed by atoms with Gasteiger partial charge in [-0.05, 0) is 49.2 Å². The summed E-state index contributed by atoms with van der Waals surface area (Å²) in [6, 6.07) is 11.0. The fourth-order valence-corrected chi connectivity index (χ4v) is 2.30. The Balaban J connectivity index is 2.49. The standard InChI is InChI=1S/C16H18FNO/c1-11-7-12(2)9-13(8-11)18(3)16-6-4-5-15(17)14(16)10-19/h4-9,19H,10H2,1-3H3. The van der Waals surface area contributed by atoms with Crippen LogP contribution in [0.15, 0.2) is 36.4 Å². The van der Waals surface area contributed by atoms with E-state index in [1.54, 1.807) is 6.07 Å². The van der Waals surface area contributed by atoms with E-state index in [4.69, 9.17) is 0 Å². The van der Waals surface area contributed by atoms with Crippen molar-refractivity contribution in [3.8, 4) is 0 Å². The summed E-state index contributed by atoms with van der Waals surface area (Å²) in [4.78, 5) is 1.90. The molecule has 0 fully saturated rings. The third-order valence-corrected chi connectivity index (χ3v) is 3.21. The lowest BCUT2D eigenvalue weighted by Crippen LogP contribution is -2.13. The molecule has 0 aliphatic rings. The number of rotatable bonds is 3. The van der Waals surface area contributed by atoms with Gasteiger partial charge in [0.1, 0.15) is 5.82 Å². The lowest BCUT2D eigenvalue weighted by atomic mass is 10.1. The van der Waals surface area contributed by atoms with Gasteiger partial charge in [-0.1, -0.05) is 12.1 Å². The quantitative estimate of drug-likeness (QED) is 0.908. The minimum atomic E-state index is -0.378. The van der Waals surface area contributed by atoms with E-state index in [2.05, 4.69) is 6.07 Å². The summed E-state index contributed by atoms with van der Waals surface area (Å²) < 4.78 is 13.7. The Morgan fingerprint density at radius 1 is 1.11 bits per heavy atom. The monoisotopic (exact) mass is 259 g/mol. The zero-order chi connectivity index (χ0) is 14.0. The van der Waals surface area contributed by atoms with Crippen molar-refractivity contribution in [1.29, 1.82) is 0 Å². The first-order chi connectivity index (χ1) is 9.02. The number of aliphatic hydroxyl groups is 1. The molecule has 0 bridgehead atoms. The van der Waals surface area contributed by atoms with E-state index in [1.165, 1.54) is 6.07 Å². The first kappa shape index (κ1) is 13.6. The highest BCUT2D eigenvalue weighted by atomic mass is 19.1. The van der Waals surface area contributed by atoms with Crippen molar-refractivity contribution in [2.75, 3.05) is 11.9 Å². The largest absolute Gasteiger partial charge is 0.391 e. The molecule has 0 aliphatic heterocycles. The molecule has 2 rings (SSSR count). The van der Waals surface area contributed by atoms with Crippen LogP contribution in [0.3, 0.4) is 0 Å². The molecule has 0 aliphatic carbocycles. The van der Waals surface area contributed by atoms with Gasteiger partial charge in [0.15, 0.2) is 0 Å². The van der Waals surface area contributed by atoms with Gasteiger partial charge < -0.3 is 10.0 Å². The van der Waals surface area contributed by atoms with Crippen LogP contribution in [0.5, 0.6) is 0 Å². The fraction of sp³-hybridized carbons (Fsp3) is 0.250. The number of hydrogen-bond acceptors (Lipinski definition) is 2. The highest BCUT2D eigenvalue weighted by Gasteiger charge is 2.12. The van der Waals surface area contributed by atoms with Crippen LogP contribution in [0.4, 0.5) is 15.8 Å². The number of anilines is 2. The van der Waals surface area contributed by atoms with Crippen molar-refractivity contribution in [1.82, 2.24) is 0 Å². The molecule has 1 N–H and O–H groups in total. The number of nitrogens with zero attached hydrogens (tertiary/aromatic N) is 1. The van der Waals surface area contributed by atoms with E-state index >= 15 is 0 Å². The summed E-state index contributed by atoms with van der Waals surface area (Å²) in [5.41, 5.74) is 4.31. The zero-order valence-electron chi connectivity index (χ0n) is 11.4. The lowest BCUT2D eigenvalue weighted by molar-refractivity contribution is 0.276. The summed E-state index contributed by atoms with van der Waals surface area (Å²) in [5.74, 6) is -0.378. The Morgan fingerprint density at radius 3 is 2.32 bits per heavy atom. The van der Waals surface area contributed by atoms with Crippen molar-refractivity contribution in [3.05, 3.63) is 58.9 Å². The maximum Gasteiger partial charge on any atom is 0.130 e. The highest BCUT2D eigenvalue weighted by molar-refractivity contribution is 5.67. The average Bonchev–Trinajstić information content (AvgIpc) is 2.36. The molecule has 0 radical (unpaired) electrons. The molecule has 0 unspecified atom stereocenters. The van der Waals surface area contributed by atoms with E-state index in [0.29, 0.717) is 11.3 Å². The van der Waals surface area contributed by atoms with Crippen LogP contribution < -0.4 is 4.90 Å². The van der Waals surface area contributed by atoms with Gasteiger partial charge in [0.2, 0.25) is 0 Å². The Labute approximate surface area is 113 Å². The van der Waals surface area contributed by atoms with Gasteiger partial charge >= 0.3 is 0 Å². The number of halogens is 1. The molecule has 2 nitrogen and oxygen atoms in total. The number of aliphatic hydroxyl groups excluding tert-OH is 1. The van der Waals surface area contributed by atoms with Crippen molar-refractivity contribution in [2.45, 2.75) is 20.5 Å². The Kier molecular flexibility index (Phi) is 3.86. The molecule has 2 aromatic rings. The van der Waals surface area contributed by atoms with E-state index in [-0.39, 0.29) is 12.4 Å². The summed E-state index contributed by atoms with van der Waals surface area (Å²) in [7, 11) is 1.88. The van der Waals surface area contributed by atoms with Crippen LogP contribution in [0.1, 0.15) is 16.7 Å². The van der Waals surface area contributed by atoms with Crippen LogP contribution in [-0.4, -0.2) is 12.2 Å². The molecule has 0 amide bonds. The van der Waals surface area contributed by atoms with Gasteiger partial charge in [-0.15, -0.1) is 0 Å². The van der Waals surface area contributed by atoms with Gasteiger partial charge in [-0.25, -0.2) is 4.39 Å². The van der Waals surface area contributed by atoms with Gasteiger partial charge in [-0.2, -0.15) is 0 Å². The number of aryl methyl sites for hydroxylation is 2. The predicted molar refractivity (Wildman–Crippen MR) is 76.3 cm³/mol. The maximum atomic E-state index is 13.7. The molecular formula is C16H18FNO. The summed E-state index contributed by atoms with van der Waals surface area (Å²) in [5, 5.41) is 9.34. The normalized spacial score (nSPS) is 10.6. The summed E-state index contributed by atoms with van der Waals surface area (Å²) >= 11 is 0. The number of benzene rings is 2. The lowest BCUT2D eigenvalue weighted by Gasteiger charge is -2.23. The zero-order valence-corrected chi connectivity index (χ0v) is 11.4. The van der Waals surface area contributed by atoms with Gasteiger partial charge in [-0.3, -0.25) is 0 Å². The van der Waals surface area contributed by atoms with Crippen molar-refractivity contribution < 1.29 is 9.50 Å². The molecule has 0 spiro atoms. The second-order valence-electron chi connectivity index (χ2n) is 4.80. The molecule has 0 heterocycles. The van der Waals surface area contributed by atoms with Crippen molar-refractivity contribution >= 4 is 11.4 Å². The molecule has 19 heavy (non-hydrogen) atoms. The molecule has 0 atom stereocenters. The Hall–Kier alpha value is -1.87. The third kappa shape index (κ3) is 2.76. The van der Waals surface area contributed by atoms with E-state index in [9.17, 15) is 9.50 Å². The molecule has 0 aromatic heterocycles. The van der Waals surface area contributed by atoms with Crippen LogP contribution >= 0.6 is 0 Å². The topological polar surface area (TPSA) is 23.5 Å². The number of hydrogen-bond donors (Lipinski definition) is 1. The fourth-order valence-electron chi connectivity index (χ4n) is 2.30. The van der Waals surface area contributed by atoms with Crippen LogP contribution in [0.2, 0.25) is 0 Å². The minimum Gasteiger partial charge on any atom is -0.391 e. The summed E-state index contributed by atoms with van der Waals surface area (Å²) in [6.45, 7) is 3.75. The van der Waals surface area contributed by atoms with E-state index in [0.717, 1.165) is 16.8 Å². The molecular weight excluding hydrogens is 241 g/mol. The van der Waals surface area contributed by atoms with Gasteiger partial charge in [0.25, 0.3) is 0 Å². The molecule has 0 saturated heterocycles. The molecule has 2 aromatic carbocycles. The van der Waals surface area contributed by atoms with Crippen molar-refractivity contribution in [3.63, 3.8) is 0 Å². The van der Waals surface area contributed by atoms with E-state index in [1.807, 2.05) is 44.0 Å². The van der Waals surface area contributed by atoms with E-state index < -0.39 is 0 Å². The van der Waals surface area contributed by atoms with Crippen LogP contribution in [0, 0.1) is 19.7 Å². The Bertz CT molecular complexity index is 575. The molecule has 0 saturated carbocycles. The highest BCUT2D eigenvalue weighted by Crippen LogP contribution is 2.29. The SMILES string of the molecule is Cc1cc(C)cc(N(C)c2cccc(F)c2CO)c1. The summed E-state index contributed by atoms with van der Waals surface area (Å²) in [6.07, 6.45) is 0. The maximum absolute atomic E-state index is 13.7. The Morgan fingerprint density at radius 2 is 1.74 bits per heavy atom. The molecule has 100 valence electrons. The second-order valence-corrected chi connectivity index (χ2v) is 4.80. The molecule has 3 heteroatoms. The van der Waals surface area contributed by atoms with Gasteiger partial charge in [0.05, 0.1) is 6.61 Å². The van der Waals surface area contributed by atoms with Crippen LogP contribution in [-0.2, 0) is 6.61 Å². The minimum absolute atomic E-state index is 0.308. The van der Waals surface area contributed by atoms with Gasteiger partial charge in [0, 0.05) is 24.0 Å². The second kappa shape index (κ2) is 5.41. The third-order valence-electron chi connectivity index (χ3n) is 3.21. The first-order valence-electron chi connectivity index (χ1n) is 6.23. The smallest absolute Gasteiger partial charge is 0.130 e.